The Morgan fingerprint density at radius 1 is 0.914 bits per heavy atom. The van der Waals surface area contributed by atoms with E-state index in [1.165, 1.54) is 0 Å². The van der Waals surface area contributed by atoms with Crippen molar-refractivity contribution in [3.8, 4) is 28.2 Å². The van der Waals surface area contributed by atoms with Gasteiger partial charge in [0.05, 0.1) is 42.7 Å². The Bertz CT molecular complexity index is 1500. The second kappa shape index (κ2) is 9.60. The number of hydrogen-bond acceptors (Lipinski definition) is 4. The quantitative estimate of drug-likeness (QED) is 0.276. The van der Waals surface area contributed by atoms with E-state index in [0.717, 1.165) is 11.1 Å². The molecule has 0 radical (unpaired) electrons. The lowest BCUT2D eigenvalue weighted by Crippen LogP contribution is -2.15. The van der Waals surface area contributed by atoms with Gasteiger partial charge in [0.15, 0.2) is 9.84 Å². The molecule has 182 valence electrons. The Kier molecular flexibility index (Phi) is 7.06. The highest BCUT2D eigenvalue weighted by Gasteiger charge is 2.25. The molecule has 35 heavy (non-hydrogen) atoms. The Labute approximate surface area is 219 Å². The third kappa shape index (κ3) is 5.13. The van der Waals surface area contributed by atoms with E-state index in [1.54, 1.807) is 74.0 Å². The van der Waals surface area contributed by atoms with Gasteiger partial charge in [0.25, 0.3) is 0 Å². The first kappa shape index (κ1) is 25.7. The van der Waals surface area contributed by atoms with Gasteiger partial charge in [-0.25, -0.2) is 13.4 Å². The summed E-state index contributed by atoms with van der Waals surface area (Å²) in [5.41, 5.74) is 1.80. The Morgan fingerprint density at radius 2 is 1.54 bits per heavy atom. The zero-order valence-corrected chi connectivity index (χ0v) is 22.3. The molecule has 0 saturated heterocycles. The van der Waals surface area contributed by atoms with Gasteiger partial charge in [-0.2, -0.15) is 0 Å². The molecule has 0 atom stereocenters. The van der Waals surface area contributed by atoms with E-state index >= 15 is 0 Å². The first-order chi connectivity index (χ1) is 16.4. The second-order valence-corrected chi connectivity index (χ2v) is 12.1. The largest absolute Gasteiger partial charge is 0.384 e. The van der Waals surface area contributed by atoms with Gasteiger partial charge in [0, 0.05) is 6.20 Å². The summed E-state index contributed by atoms with van der Waals surface area (Å²) in [6.07, 6.45) is 1.70. The van der Waals surface area contributed by atoms with Crippen molar-refractivity contribution in [3.05, 3.63) is 87.6 Å². The van der Waals surface area contributed by atoms with Crippen molar-refractivity contribution < 1.29 is 13.5 Å². The molecule has 0 aliphatic rings. The number of rotatable bonds is 6. The maximum absolute atomic E-state index is 12.3. The van der Waals surface area contributed by atoms with Crippen LogP contribution in [-0.4, -0.2) is 28.8 Å². The molecule has 1 N–H and O–H groups in total. The number of sulfone groups is 1. The summed E-state index contributed by atoms with van der Waals surface area (Å²) in [6.45, 7) is 4.89. The summed E-state index contributed by atoms with van der Waals surface area (Å²) in [7, 11) is -3.34. The standard InChI is InChI=1S/C26H23Cl3N2O3S/c1-4-35(33,34)18-8-5-7-16(13-18)17-11-12-22(21(29)14-17)31-15-23(26(2,3)32)30-25(31)24-19(27)9-6-10-20(24)28/h5-15,32H,4H2,1-3H3. The molecule has 0 saturated carbocycles. The van der Waals surface area contributed by atoms with E-state index in [-0.39, 0.29) is 10.6 Å². The zero-order valence-electron chi connectivity index (χ0n) is 19.3. The normalized spacial score (nSPS) is 12.2. The highest BCUT2D eigenvalue weighted by Crippen LogP contribution is 2.38. The minimum absolute atomic E-state index is 0.0215. The molecule has 0 aliphatic carbocycles. The summed E-state index contributed by atoms with van der Waals surface area (Å²) >= 11 is 19.7. The molecular formula is C26H23Cl3N2O3S. The Hall–Kier alpha value is -2.35. The topological polar surface area (TPSA) is 72.2 Å². The van der Waals surface area contributed by atoms with E-state index < -0.39 is 15.4 Å². The van der Waals surface area contributed by atoms with Crippen LogP contribution in [0.25, 0.3) is 28.2 Å². The van der Waals surface area contributed by atoms with Crippen LogP contribution in [0.5, 0.6) is 0 Å². The molecule has 0 bridgehead atoms. The summed E-state index contributed by atoms with van der Waals surface area (Å²) < 4.78 is 26.4. The first-order valence-electron chi connectivity index (χ1n) is 10.8. The van der Waals surface area contributed by atoms with Crippen LogP contribution in [0.1, 0.15) is 26.5 Å². The third-order valence-corrected chi connectivity index (χ3v) is 8.30. The fourth-order valence-corrected chi connectivity index (χ4v) is 5.43. The molecule has 3 aromatic carbocycles. The van der Waals surface area contributed by atoms with Crippen LogP contribution in [0, 0.1) is 0 Å². The zero-order chi connectivity index (χ0) is 25.5. The smallest absolute Gasteiger partial charge is 0.178 e. The third-order valence-electron chi connectivity index (χ3n) is 5.63. The monoisotopic (exact) mass is 548 g/mol. The van der Waals surface area contributed by atoms with E-state index in [0.29, 0.717) is 37.8 Å². The molecule has 0 spiro atoms. The van der Waals surface area contributed by atoms with Crippen molar-refractivity contribution in [2.24, 2.45) is 0 Å². The molecule has 0 aliphatic heterocycles. The number of aliphatic hydroxyl groups is 1. The van der Waals surface area contributed by atoms with Gasteiger partial charge in [-0.3, -0.25) is 4.57 Å². The molecule has 9 heteroatoms. The molecule has 5 nitrogen and oxygen atoms in total. The minimum Gasteiger partial charge on any atom is -0.384 e. The average molecular weight is 550 g/mol. The van der Waals surface area contributed by atoms with Crippen LogP contribution in [0.2, 0.25) is 15.1 Å². The van der Waals surface area contributed by atoms with E-state index in [4.69, 9.17) is 34.8 Å². The highest BCUT2D eigenvalue weighted by molar-refractivity contribution is 7.91. The molecule has 4 rings (SSSR count). The number of nitrogens with zero attached hydrogens (tertiary/aromatic N) is 2. The van der Waals surface area contributed by atoms with Crippen LogP contribution in [0.3, 0.4) is 0 Å². The molecule has 0 fully saturated rings. The lowest BCUT2D eigenvalue weighted by Gasteiger charge is -2.14. The van der Waals surface area contributed by atoms with Crippen LogP contribution in [-0.2, 0) is 15.4 Å². The van der Waals surface area contributed by atoms with Crippen molar-refractivity contribution in [1.29, 1.82) is 0 Å². The maximum atomic E-state index is 12.3. The molecule has 1 heterocycles. The van der Waals surface area contributed by atoms with Crippen molar-refractivity contribution in [2.75, 3.05) is 5.75 Å². The van der Waals surface area contributed by atoms with Gasteiger partial charge in [0.2, 0.25) is 0 Å². The number of hydrogen-bond donors (Lipinski definition) is 1. The van der Waals surface area contributed by atoms with E-state index in [2.05, 4.69) is 4.98 Å². The fraction of sp³-hybridized carbons (Fsp3) is 0.192. The number of imidazole rings is 1. The lowest BCUT2D eigenvalue weighted by atomic mass is 10.1. The summed E-state index contributed by atoms with van der Waals surface area (Å²) in [6, 6.07) is 17.4. The van der Waals surface area contributed by atoms with Gasteiger partial charge < -0.3 is 5.11 Å². The fourth-order valence-electron chi connectivity index (χ4n) is 3.66. The van der Waals surface area contributed by atoms with E-state index in [1.807, 2.05) is 18.2 Å². The number of halogens is 3. The van der Waals surface area contributed by atoms with Crippen molar-refractivity contribution >= 4 is 44.6 Å². The number of benzene rings is 3. The SMILES string of the molecule is CCS(=O)(=O)c1cccc(-c2ccc(-n3cc(C(C)(C)O)nc3-c3c(Cl)cccc3Cl)c(Cl)c2)c1. The van der Waals surface area contributed by atoms with Gasteiger partial charge in [-0.1, -0.05) is 66.0 Å². The summed E-state index contributed by atoms with van der Waals surface area (Å²) in [5.74, 6) is 0.455. The van der Waals surface area contributed by atoms with Crippen LogP contribution >= 0.6 is 34.8 Å². The van der Waals surface area contributed by atoms with Gasteiger partial charge in [-0.15, -0.1) is 0 Å². The predicted octanol–water partition coefficient (Wildman–Crippen LogP) is 7.19. The van der Waals surface area contributed by atoms with Crippen molar-refractivity contribution in [2.45, 2.75) is 31.3 Å². The van der Waals surface area contributed by atoms with Crippen molar-refractivity contribution in [1.82, 2.24) is 9.55 Å². The number of aromatic nitrogens is 2. The van der Waals surface area contributed by atoms with Crippen LogP contribution in [0.15, 0.2) is 71.8 Å². The van der Waals surface area contributed by atoms with Crippen molar-refractivity contribution in [3.63, 3.8) is 0 Å². The Balaban J connectivity index is 1.87. The molecule has 0 unspecified atom stereocenters. The summed E-state index contributed by atoms with van der Waals surface area (Å²) in [4.78, 5) is 4.90. The van der Waals surface area contributed by atoms with Crippen LogP contribution in [0.4, 0.5) is 0 Å². The molecule has 4 aromatic rings. The van der Waals surface area contributed by atoms with E-state index in [9.17, 15) is 13.5 Å². The van der Waals surface area contributed by atoms with Gasteiger partial charge >= 0.3 is 0 Å². The first-order valence-corrected chi connectivity index (χ1v) is 13.6. The van der Waals surface area contributed by atoms with Gasteiger partial charge in [-0.05, 0) is 61.4 Å². The minimum atomic E-state index is -3.34. The molecule has 0 amide bonds. The Morgan fingerprint density at radius 3 is 2.14 bits per heavy atom. The lowest BCUT2D eigenvalue weighted by molar-refractivity contribution is 0.0743. The van der Waals surface area contributed by atoms with Crippen LogP contribution < -0.4 is 0 Å². The molecular weight excluding hydrogens is 527 g/mol. The van der Waals surface area contributed by atoms with Gasteiger partial charge in [0.1, 0.15) is 11.4 Å². The summed E-state index contributed by atoms with van der Waals surface area (Å²) in [5, 5.41) is 11.8. The molecule has 1 aromatic heterocycles. The predicted molar refractivity (Wildman–Crippen MR) is 142 cm³/mol. The maximum Gasteiger partial charge on any atom is 0.178 e. The highest BCUT2D eigenvalue weighted by atomic mass is 35.5. The average Bonchev–Trinajstić information content (AvgIpc) is 3.24. The second-order valence-electron chi connectivity index (χ2n) is 8.57.